The molecule has 1 fully saturated rings. The molecule has 4 aromatic rings. The lowest BCUT2D eigenvalue weighted by Crippen LogP contribution is -2.49. The monoisotopic (exact) mass is 449 g/mol. The molecule has 5 heterocycles. The van der Waals surface area contributed by atoms with Gasteiger partial charge in [0.25, 0.3) is 5.91 Å². The first-order valence-electron chi connectivity index (χ1n) is 10.8. The van der Waals surface area contributed by atoms with Gasteiger partial charge in [0.2, 0.25) is 0 Å². The molecule has 0 bridgehead atoms. The van der Waals surface area contributed by atoms with Crippen LogP contribution < -0.4 is 4.90 Å². The van der Waals surface area contributed by atoms with Crippen molar-refractivity contribution in [2.24, 2.45) is 0 Å². The maximum atomic E-state index is 13.7. The van der Waals surface area contributed by atoms with E-state index in [1.54, 1.807) is 29.0 Å². The summed E-state index contributed by atoms with van der Waals surface area (Å²) in [6.45, 7) is 3.01. The van der Waals surface area contributed by atoms with Crippen LogP contribution in [0.2, 0.25) is 0 Å². The van der Waals surface area contributed by atoms with Gasteiger partial charge in [0, 0.05) is 43.4 Å². The van der Waals surface area contributed by atoms with Gasteiger partial charge in [-0.25, -0.2) is 9.97 Å². The molecule has 31 heavy (non-hydrogen) atoms. The van der Waals surface area contributed by atoms with Gasteiger partial charge < -0.3 is 14.4 Å². The number of carbonyl (C=O) groups excluding carboxylic acids is 1. The quantitative estimate of drug-likeness (QED) is 0.466. The van der Waals surface area contributed by atoms with Gasteiger partial charge in [-0.2, -0.15) is 0 Å². The molecular formula is C23H23N5OS2. The highest BCUT2D eigenvalue weighted by atomic mass is 32.1. The third kappa shape index (κ3) is 3.25. The number of carbonyl (C=O) groups is 1. The van der Waals surface area contributed by atoms with Crippen LogP contribution in [0, 0.1) is 0 Å². The average molecular weight is 450 g/mol. The van der Waals surface area contributed by atoms with Gasteiger partial charge in [-0.1, -0.05) is 0 Å². The molecule has 1 amide bonds. The van der Waals surface area contributed by atoms with E-state index in [-0.39, 0.29) is 5.91 Å². The molecule has 1 aliphatic heterocycles. The molecule has 158 valence electrons. The topological polar surface area (TPSA) is 54.3 Å². The van der Waals surface area contributed by atoms with Crippen LogP contribution in [0.25, 0.3) is 15.2 Å². The van der Waals surface area contributed by atoms with E-state index < -0.39 is 0 Å². The van der Waals surface area contributed by atoms with Gasteiger partial charge in [0.1, 0.15) is 22.0 Å². The zero-order valence-corrected chi connectivity index (χ0v) is 18.8. The molecule has 1 saturated heterocycles. The minimum atomic E-state index is 0.186. The van der Waals surface area contributed by atoms with Gasteiger partial charge in [-0.05, 0) is 54.8 Å². The van der Waals surface area contributed by atoms with Crippen molar-refractivity contribution < 1.29 is 4.79 Å². The van der Waals surface area contributed by atoms with Crippen LogP contribution in [0.5, 0.6) is 0 Å². The fourth-order valence-corrected chi connectivity index (χ4v) is 6.81. The van der Waals surface area contributed by atoms with Crippen molar-refractivity contribution in [1.82, 2.24) is 19.4 Å². The summed E-state index contributed by atoms with van der Waals surface area (Å²) >= 11 is 3.44. The third-order valence-corrected chi connectivity index (χ3v) is 8.44. The van der Waals surface area contributed by atoms with Crippen molar-refractivity contribution in [3.05, 3.63) is 58.3 Å². The number of hydrogen-bond acceptors (Lipinski definition) is 6. The lowest BCUT2D eigenvalue weighted by atomic mass is 9.95. The van der Waals surface area contributed by atoms with E-state index in [4.69, 9.17) is 0 Å². The highest BCUT2D eigenvalue weighted by molar-refractivity contribution is 7.16. The largest absolute Gasteiger partial charge is 0.352 e. The van der Waals surface area contributed by atoms with E-state index in [1.165, 1.54) is 23.3 Å². The molecule has 0 spiro atoms. The SMILES string of the molecule is O=C(c1c(-n2cccc2)sc2c1CCCC2)N1CCN(c2ncnc3sccc23)CC1. The van der Waals surface area contributed by atoms with Crippen molar-refractivity contribution in [3.63, 3.8) is 0 Å². The van der Waals surface area contributed by atoms with E-state index in [0.717, 1.165) is 52.5 Å². The minimum Gasteiger partial charge on any atom is -0.352 e. The van der Waals surface area contributed by atoms with Crippen LogP contribution in [0.1, 0.15) is 33.6 Å². The molecule has 0 radical (unpaired) electrons. The maximum Gasteiger partial charge on any atom is 0.257 e. The Morgan fingerprint density at radius 2 is 1.81 bits per heavy atom. The predicted molar refractivity (Wildman–Crippen MR) is 126 cm³/mol. The maximum absolute atomic E-state index is 13.7. The normalized spacial score (nSPS) is 16.6. The van der Waals surface area contributed by atoms with Crippen molar-refractivity contribution in [2.45, 2.75) is 25.7 Å². The Labute approximate surface area is 188 Å². The zero-order valence-electron chi connectivity index (χ0n) is 17.2. The molecule has 1 aliphatic carbocycles. The number of amides is 1. The number of nitrogens with zero attached hydrogens (tertiary/aromatic N) is 5. The van der Waals surface area contributed by atoms with E-state index >= 15 is 0 Å². The van der Waals surface area contributed by atoms with Gasteiger partial charge >= 0.3 is 0 Å². The highest BCUT2D eigenvalue weighted by Crippen LogP contribution is 2.38. The summed E-state index contributed by atoms with van der Waals surface area (Å²) in [5.74, 6) is 1.17. The second-order valence-electron chi connectivity index (χ2n) is 8.10. The van der Waals surface area contributed by atoms with Gasteiger partial charge in [-0.3, -0.25) is 4.79 Å². The Balaban J connectivity index is 1.27. The number of piperazine rings is 1. The summed E-state index contributed by atoms with van der Waals surface area (Å²) in [5.41, 5.74) is 2.23. The summed E-state index contributed by atoms with van der Waals surface area (Å²) < 4.78 is 2.11. The molecule has 6 nitrogen and oxygen atoms in total. The molecule has 0 atom stereocenters. The van der Waals surface area contributed by atoms with Crippen molar-refractivity contribution in [2.75, 3.05) is 31.1 Å². The molecule has 0 N–H and O–H groups in total. The molecule has 0 saturated carbocycles. The number of thiophene rings is 2. The predicted octanol–water partition coefficient (Wildman–Crippen LogP) is 4.38. The van der Waals surface area contributed by atoms with Gasteiger partial charge in [0.05, 0.1) is 10.9 Å². The molecule has 0 aromatic carbocycles. The van der Waals surface area contributed by atoms with Crippen LogP contribution in [-0.4, -0.2) is 51.5 Å². The van der Waals surface area contributed by atoms with Crippen LogP contribution in [-0.2, 0) is 12.8 Å². The van der Waals surface area contributed by atoms with Crippen molar-refractivity contribution in [1.29, 1.82) is 0 Å². The zero-order chi connectivity index (χ0) is 20.8. The Kier molecular flexibility index (Phi) is 4.76. The summed E-state index contributed by atoms with van der Waals surface area (Å²) in [6, 6.07) is 6.14. The number of anilines is 1. The van der Waals surface area contributed by atoms with Crippen molar-refractivity contribution in [3.8, 4) is 5.00 Å². The Morgan fingerprint density at radius 3 is 2.65 bits per heavy atom. The summed E-state index contributed by atoms with van der Waals surface area (Å²) in [4.78, 5) is 29.4. The minimum absolute atomic E-state index is 0.186. The van der Waals surface area contributed by atoms with Crippen LogP contribution in [0.4, 0.5) is 5.82 Å². The molecule has 4 aromatic heterocycles. The first-order chi connectivity index (χ1) is 15.3. The number of aryl methyl sites for hydroxylation is 1. The number of aromatic nitrogens is 3. The smallest absolute Gasteiger partial charge is 0.257 e. The second-order valence-corrected chi connectivity index (χ2v) is 10.1. The molecular weight excluding hydrogens is 426 g/mol. The fourth-order valence-electron chi connectivity index (χ4n) is 4.73. The number of rotatable bonds is 3. The van der Waals surface area contributed by atoms with Gasteiger partial charge in [-0.15, -0.1) is 22.7 Å². The third-order valence-electron chi connectivity index (χ3n) is 6.31. The summed E-state index contributed by atoms with van der Waals surface area (Å²) in [5, 5.41) is 4.25. The number of hydrogen-bond donors (Lipinski definition) is 0. The lowest BCUT2D eigenvalue weighted by Gasteiger charge is -2.36. The van der Waals surface area contributed by atoms with Crippen LogP contribution in [0.15, 0.2) is 42.3 Å². The van der Waals surface area contributed by atoms with E-state index in [0.29, 0.717) is 13.1 Å². The first kappa shape index (κ1) is 19.0. The van der Waals surface area contributed by atoms with Crippen LogP contribution >= 0.6 is 22.7 Å². The molecule has 8 heteroatoms. The van der Waals surface area contributed by atoms with E-state index in [2.05, 4.69) is 30.9 Å². The second kappa shape index (κ2) is 7.76. The standard InChI is InChI=1S/C23H23N5OS2/c29-22(19-16-5-1-2-6-18(16)31-23(19)28-8-3-4-9-28)27-12-10-26(11-13-27)20-17-7-14-30-21(17)25-15-24-20/h3-4,7-9,14-15H,1-2,5-6,10-13H2. The summed E-state index contributed by atoms with van der Waals surface area (Å²) in [6.07, 6.45) is 10.3. The molecule has 2 aliphatic rings. The average Bonchev–Trinajstić information content (AvgIpc) is 3.57. The molecule has 0 unspecified atom stereocenters. The first-order valence-corrected chi connectivity index (χ1v) is 12.5. The molecule has 6 rings (SSSR count). The van der Waals surface area contributed by atoms with E-state index in [9.17, 15) is 4.79 Å². The lowest BCUT2D eigenvalue weighted by molar-refractivity contribution is 0.0746. The Bertz CT molecular complexity index is 1230. The van der Waals surface area contributed by atoms with Gasteiger partial charge in [0.15, 0.2) is 0 Å². The van der Waals surface area contributed by atoms with Crippen molar-refractivity contribution >= 4 is 44.6 Å². The fraction of sp³-hybridized carbons (Fsp3) is 0.348. The highest BCUT2D eigenvalue weighted by Gasteiger charge is 2.31. The van der Waals surface area contributed by atoms with E-state index in [1.807, 2.05) is 29.4 Å². The van der Waals surface area contributed by atoms with Crippen LogP contribution in [0.3, 0.4) is 0 Å². The summed E-state index contributed by atoms with van der Waals surface area (Å²) in [7, 11) is 0. The Morgan fingerprint density at radius 1 is 1.00 bits per heavy atom. The Hall–Kier alpha value is -2.71. The number of fused-ring (bicyclic) bond motifs is 2.